The molecule has 0 atom stereocenters. The molecule has 2 aliphatic heterocycles. The van der Waals surface area contributed by atoms with Crippen molar-refractivity contribution in [3.63, 3.8) is 0 Å². The molecule has 0 spiro atoms. The zero-order chi connectivity index (χ0) is 19.1. The lowest BCUT2D eigenvalue weighted by molar-refractivity contribution is 0.877. The molecule has 1 N–H and O–H groups in total. The van der Waals surface area contributed by atoms with Gasteiger partial charge in [0, 0.05) is 24.1 Å². The fourth-order valence-electron chi connectivity index (χ4n) is 3.45. The Hall–Kier alpha value is -3.12. The van der Waals surface area contributed by atoms with Gasteiger partial charge >= 0.3 is 0 Å². The van der Waals surface area contributed by atoms with Crippen LogP contribution >= 0.6 is 11.8 Å². The third-order valence-corrected chi connectivity index (χ3v) is 5.74. The van der Waals surface area contributed by atoms with E-state index in [1.807, 2.05) is 41.5 Å². The van der Waals surface area contributed by atoms with Crippen molar-refractivity contribution < 1.29 is 0 Å². The molecule has 5 rings (SSSR count). The maximum atomic E-state index is 4.79. The van der Waals surface area contributed by atoms with Crippen molar-refractivity contribution in [2.75, 3.05) is 10.8 Å². The fourth-order valence-corrected chi connectivity index (χ4v) is 4.24. The zero-order valence-electron chi connectivity index (χ0n) is 15.5. The topological polar surface area (TPSA) is 53.4 Å². The van der Waals surface area contributed by atoms with Gasteiger partial charge in [-0.2, -0.15) is 0 Å². The molecule has 3 heterocycles. The highest BCUT2D eigenvalue weighted by Crippen LogP contribution is 2.29. The number of aromatic nitrogens is 2. The Balaban J connectivity index is 1.37. The van der Waals surface area contributed by atoms with Crippen LogP contribution in [0.4, 0.5) is 17.2 Å². The smallest absolute Gasteiger partial charge is 0.190 e. The summed E-state index contributed by atoms with van der Waals surface area (Å²) in [6, 6.07) is 16.5. The largest absolute Gasteiger partial charge is 0.299 e. The summed E-state index contributed by atoms with van der Waals surface area (Å²) in [6.07, 6.45) is 2.80. The number of nitrogens with one attached hydrogen (secondary N) is 1. The van der Waals surface area contributed by atoms with Gasteiger partial charge in [0.05, 0.1) is 21.9 Å². The van der Waals surface area contributed by atoms with Crippen molar-refractivity contribution in [2.45, 2.75) is 18.5 Å². The number of thioether (sulfide) groups is 1. The predicted octanol–water partition coefficient (Wildman–Crippen LogP) is 3.01. The molecule has 0 amide bonds. The maximum absolute atomic E-state index is 4.79. The third-order valence-electron chi connectivity index (χ3n) is 4.82. The second-order valence-corrected chi connectivity index (χ2v) is 7.85. The highest BCUT2D eigenvalue weighted by atomic mass is 32.2. The SMILES string of the molecule is C=c1nc(SCC2=Nc3ccc(C)cc3C2)nc2c1=CNN2c1ccccc1. The molecule has 3 aromatic rings. The van der Waals surface area contributed by atoms with Gasteiger partial charge in [-0.15, -0.1) is 0 Å². The molecule has 138 valence electrons. The lowest BCUT2D eigenvalue weighted by Gasteiger charge is -2.19. The average molecular weight is 385 g/mol. The predicted molar refractivity (Wildman–Crippen MR) is 116 cm³/mol. The van der Waals surface area contributed by atoms with Crippen LogP contribution in [0.5, 0.6) is 0 Å². The summed E-state index contributed by atoms with van der Waals surface area (Å²) in [4.78, 5) is 14.1. The summed E-state index contributed by atoms with van der Waals surface area (Å²) in [5, 5.41) is 4.33. The van der Waals surface area contributed by atoms with Gasteiger partial charge in [-0.3, -0.25) is 10.4 Å². The van der Waals surface area contributed by atoms with Crippen LogP contribution < -0.4 is 21.0 Å². The van der Waals surface area contributed by atoms with E-state index < -0.39 is 0 Å². The van der Waals surface area contributed by atoms with E-state index in [1.165, 1.54) is 11.1 Å². The Morgan fingerprint density at radius 2 is 2.00 bits per heavy atom. The molecule has 5 nitrogen and oxygen atoms in total. The van der Waals surface area contributed by atoms with E-state index in [1.54, 1.807) is 11.8 Å². The Bertz CT molecular complexity index is 1200. The van der Waals surface area contributed by atoms with Crippen molar-refractivity contribution in [1.29, 1.82) is 0 Å². The highest BCUT2D eigenvalue weighted by molar-refractivity contribution is 7.99. The monoisotopic (exact) mass is 385 g/mol. The van der Waals surface area contributed by atoms with Gasteiger partial charge in [0.15, 0.2) is 11.0 Å². The number of benzene rings is 2. The van der Waals surface area contributed by atoms with Crippen LogP contribution in [0, 0.1) is 6.92 Å². The molecule has 0 radical (unpaired) electrons. The standard InChI is InChI=1S/C22H19N5S/c1-14-8-9-20-16(10-14)11-17(25-20)13-28-22-24-15(2)19-12-23-27(21(19)26-22)18-6-4-3-5-7-18/h3-10,12,23H,2,11,13H2,1H3. The quantitative estimate of drug-likeness (QED) is 0.553. The van der Waals surface area contributed by atoms with E-state index in [0.29, 0.717) is 0 Å². The molecule has 0 saturated carbocycles. The minimum absolute atomic E-state index is 0.719. The van der Waals surface area contributed by atoms with Crippen molar-refractivity contribution in [1.82, 2.24) is 15.4 Å². The summed E-state index contributed by atoms with van der Waals surface area (Å²) >= 11 is 1.61. The van der Waals surface area contributed by atoms with E-state index in [0.717, 1.165) is 50.8 Å². The average Bonchev–Trinajstić information content (AvgIpc) is 3.30. The third kappa shape index (κ3) is 3.05. The first-order valence-corrected chi connectivity index (χ1v) is 10.1. The minimum atomic E-state index is 0.719. The molecule has 0 saturated heterocycles. The molecular weight excluding hydrogens is 366 g/mol. The number of anilines is 2. The number of aliphatic imine (C=N–C) groups is 1. The Morgan fingerprint density at radius 1 is 1.14 bits per heavy atom. The van der Waals surface area contributed by atoms with Gasteiger partial charge in [0.1, 0.15) is 0 Å². The maximum Gasteiger partial charge on any atom is 0.190 e. The first kappa shape index (κ1) is 17.0. The number of hydrazine groups is 1. The molecule has 1 aromatic heterocycles. The lowest BCUT2D eigenvalue weighted by atomic mass is 10.1. The van der Waals surface area contributed by atoms with Crippen LogP contribution in [0.2, 0.25) is 0 Å². The van der Waals surface area contributed by atoms with Crippen LogP contribution in [0.15, 0.2) is 58.7 Å². The van der Waals surface area contributed by atoms with Gasteiger partial charge in [0.25, 0.3) is 0 Å². The van der Waals surface area contributed by atoms with Crippen LogP contribution in [0.3, 0.4) is 0 Å². The minimum Gasteiger partial charge on any atom is -0.299 e. The van der Waals surface area contributed by atoms with Gasteiger partial charge in [-0.25, -0.2) is 15.0 Å². The van der Waals surface area contributed by atoms with Gasteiger partial charge in [0.2, 0.25) is 0 Å². The first-order valence-electron chi connectivity index (χ1n) is 9.15. The van der Waals surface area contributed by atoms with Crippen LogP contribution in [-0.2, 0) is 6.42 Å². The van der Waals surface area contributed by atoms with E-state index in [2.05, 4.69) is 42.1 Å². The van der Waals surface area contributed by atoms with Crippen molar-refractivity contribution >= 4 is 47.4 Å². The normalized spacial score (nSPS) is 14.2. The summed E-state index contributed by atoms with van der Waals surface area (Å²) in [7, 11) is 0. The summed E-state index contributed by atoms with van der Waals surface area (Å²) in [5.74, 6) is 1.61. The molecule has 0 aliphatic carbocycles. The number of hydrogen-bond acceptors (Lipinski definition) is 6. The van der Waals surface area contributed by atoms with E-state index in [9.17, 15) is 0 Å². The number of nitrogens with zero attached hydrogens (tertiary/aromatic N) is 4. The van der Waals surface area contributed by atoms with Crippen molar-refractivity contribution in [2.24, 2.45) is 4.99 Å². The molecule has 2 aliphatic rings. The van der Waals surface area contributed by atoms with E-state index >= 15 is 0 Å². The molecule has 0 fully saturated rings. The van der Waals surface area contributed by atoms with Crippen LogP contribution in [0.25, 0.3) is 12.8 Å². The molecular formula is C22H19N5S. The van der Waals surface area contributed by atoms with Crippen LogP contribution in [-0.4, -0.2) is 21.4 Å². The van der Waals surface area contributed by atoms with Crippen molar-refractivity contribution in [3.8, 4) is 0 Å². The number of fused-ring (bicyclic) bond motifs is 2. The van der Waals surface area contributed by atoms with Gasteiger partial charge < -0.3 is 0 Å². The Labute approximate surface area is 167 Å². The zero-order valence-corrected chi connectivity index (χ0v) is 16.3. The van der Waals surface area contributed by atoms with Crippen LogP contribution in [0.1, 0.15) is 11.1 Å². The molecule has 2 aromatic carbocycles. The van der Waals surface area contributed by atoms with E-state index in [4.69, 9.17) is 9.98 Å². The van der Waals surface area contributed by atoms with Gasteiger partial charge in [-0.05, 0) is 30.7 Å². The number of rotatable bonds is 4. The van der Waals surface area contributed by atoms with Crippen molar-refractivity contribution in [3.05, 3.63) is 70.2 Å². The second-order valence-electron chi connectivity index (χ2n) is 6.91. The summed E-state index contributed by atoms with van der Waals surface area (Å²) in [6.45, 7) is 6.23. The second kappa shape index (κ2) is 6.80. The first-order chi connectivity index (χ1) is 13.7. The highest BCUT2D eigenvalue weighted by Gasteiger charge is 2.20. The fraction of sp³-hybridized carbons (Fsp3) is 0.136. The molecule has 6 heteroatoms. The van der Waals surface area contributed by atoms with Gasteiger partial charge in [-0.1, -0.05) is 54.2 Å². The number of hydrogen-bond donors (Lipinski definition) is 1. The lowest BCUT2D eigenvalue weighted by Crippen LogP contribution is -2.31. The summed E-state index contributed by atoms with van der Waals surface area (Å²) in [5.41, 5.74) is 9.10. The molecule has 0 bridgehead atoms. The Kier molecular flexibility index (Phi) is 4.13. The Morgan fingerprint density at radius 3 is 2.86 bits per heavy atom. The molecule has 0 unspecified atom stereocenters. The van der Waals surface area contributed by atoms with E-state index in [-0.39, 0.29) is 0 Å². The summed E-state index contributed by atoms with van der Waals surface area (Å²) < 4.78 is 0. The molecule has 28 heavy (non-hydrogen) atoms. The number of aryl methyl sites for hydroxylation is 1. The number of para-hydroxylation sites is 1.